The van der Waals surface area contributed by atoms with Crippen molar-refractivity contribution in [3.63, 3.8) is 0 Å². The lowest BCUT2D eigenvalue weighted by molar-refractivity contribution is 0.0835. The number of nitrogens with one attached hydrogen (secondary N) is 1. The molecule has 1 aromatic heterocycles. The average Bonchev–Trinajstić information content (AvgIpc) is 2.36. The van der Waals surface area contributed by atoms with Gasteiger partial charge in [0, 0.05) is 7.11 Å². The highest BCUT2D eigenvalue weighted by Crippen LogP contribution is 2.20. The van der Waals surface area contributed by atoms with E-state index in [1.54, 1.807) is 13.8 Å². The van der Waals surface area contributed by atoms with Gasteiger partial charge in [0.05, 0.1) is 30.5 Å². The Morgan fingerprint density at radius 1 is 1.47 bits per heavy atom. The summed E-state index contributed by atoms with van der Waals surface area (Å²) in [7, 11) is 1.52. The Balaban J connectivity index is 2.98. The maximum absolute atomic E-state index is 12.2. The van der Waals surface area contributed by atoms with Gasteiger partial charge in [-0.1, -0.05) is 0 Å². The van der Waals surface area contributed by atoms with Gasteiger partial charge in [0.1, 0.15) is 10.9 Å². The zero-order valence-corrected chi connectivity index (χ0v) is 12.4. The van der Waals surface area contributed by atoms with Gasteiger partial charge in [0.25, 0.3) is 5.91 Å². The van der Waals surface area contributed by atoms with E-state index in [1.165, 1.54) is 18.9 Å². The van der Waals surface area contributed by atoms with E-state index >= 15 is 0 Å². The van der Waals surface area contributed by atoms with Gasteiger partial charge in [-0.2, -0.15) is 0 Å². The lowest BCUT2D eigenvalue weighted by Crippen LogP contribution is -2.41. The first-order valence-electron chi connectivity index (χ1n) is 5.83. The van der Waals surface area contributed by atoms with Gasteiger partial charge >= 0.3 is 0 Å². The first-order valence-corrected chi connectivity index (χ1v) is 7.05. The van der Waals surface area contributed by atoms with Crippen molar-refractivity contribution in [3.8, 4) is 0 Å². The van der Waals surface area contributed by atoms with Crippen molar-refractivity contribution < 1.29 is 14.6 Å². The molecule has 1 rings (SSSR count). The van der Waals surface area contributed by atoms with E-state index in [9.17, 15) is 4.79 Å². The van der Waals surface area contributed by atoms with Crippen molar-refractivity contribution in [1.82, 2.24) is 15.3 Å². The molecule has 1 atom stereocenters. The van der Waals surface area contributed by atoms with Gasteiger partial charge < -0.3 is 15.2 Å². The molecule has 1 heterocycles. The smallest absolute Gasteiger partial charge is 0.256 e. The third-order valence-electron chi connectivity index (χ3n) is 2.51. The number of amides is 1. The third-order valence-corrected chi connectivity index (χ3v) is 3.19. The number of rotatable bonds is 6. The normalized spacial score (nSPS) is 12.3. The molecular formula is C12H19N3O3S. The topological polar surface area (TPSA) is 84.3 Å². The van der Waals surface area contributed by atoms with E-state index in [2.05, 4.69) is 15.3 Å². The van der Waals surface area contributed by atoms with Gasteiger partial charge in [-0.25, -0.2) is 9.97 Å². The maximum atomic E-state index is 12.2. The first-order chi connectivity index (χ1) is 9.03. The summed E-state index contributed by atoms with van der Waals surface area (Å²) in [6.45, 7) is 3.63. The first kappa shape index (κ1) is 15.9. The number of aliphatic hydroxyl groups excluding tert-OH is 1. The molecule has 2 N–H and O–H groups in total. The number of hydrogen-bond donors (Lipinski definition) is 2. The van der Waals surface area contributed by atoms with Crippen LogP contribution in [0.3, 0.4) is 0 Å². The van der Waals surface area contributed by atoms with Crippen molar-refractivity contribution in [2.24, 2.45) is 0 Å². The van der Waals surface area contributed by atoms with Gasteiger partial charge in [-0.15, -0.1) is 11.8 Å². The molecule has 0 aliphatic carbocycles. The SMILES string of the molecule is COCC(CO)NC(=O)c1c(C)nc(C)nc1SC. The lowest BCUT2D eigenvalue weighted by Gasteiger charge is -2.17. The second-order valence-electron chi connectivity index (χ2n) is 4.05. The molecule has 106 valence electrons. The quantitative estimate of drug-likeness (QED) is 0.586. The number of nitrogens with zero attached hydrogens (tertiary/aromatic N) is 2. The van der Waals surface area contributed by atoms with Crippen LogP contribution in [-0.2, 0) is 4.74 Å². The molecule has 6 nitrogen and oxygen atoms in total. The predicted octanol–water partition coefficient (Wildman–Crippen LogP) is 0.552. The number of hydrogen-bond acceptors (Lipinski definition) is 6. The number of carbonyl (C=O) groups excluding carboxylic acids is 1. The molecule has 0 saturated heterocycles. The molecule has 19 heavy (non-hydrogen) atoms. The fourth-order valence-corrected chi connectivity index (χ4v) is 2.36. The molecule has 1 amide bonds. The van der Waals surface area contributed by atoms with Crippen molar-refractivity contribution in [2.45, 2.75) is 24.9 Å². The number of aliphatic hydroxyl groups is 1. The summed E-state index contributed by atoms with van der Waals surface area (Å²) in [5, 5.41) is 12.5. The van der Waals surface area contributed by atoms with Crippen LogP contribution in [0.4, 0.5) is 0 Å². The highest BCUT2D eigenvalue weighted by atomic mass is 32.2. The van der Waals surface area contributed by atoms with Gasteiger partial charge in [0.15, 0.2) is 0 Å². The van der Waals surface area contributed by atoms with E-state index in [-0.39, 0.29) is 19.1 Å². The minimum atomic E-state index is -0.437. The zero-order valence-electron chi connectivity index (χ0n) is 11.6. The number of methoxy groups -OCH3 is 1. The molecule has 0 saturated carbocycles. The molecule has 0 aliphatic rings. The fraction of sp³-hybridized carbons (Fsp3) is 0.583. The van der Waals surface area contributed by atoms with Crippen LogP contribution in [-0.4, -0.2) is 53.6 Å². The van der Waals surface area contributed by atoms with Gasteiger partial charge in [0.2, 0.25) is 0 Å². The Kier molecular flexibility index (Phi) is 6.20. The molecule has 7 heteroatoms. The number of aromatic nitrogens is 2. The van der Waals surface area contributed by atoms with E-state index in [0.29, 0.717) is 22.1 Å². The number of carbonyl (C=O) groups is 1. The molecule has 0 aliphatic heterocycles. The number of thioether (sulfide) groups is 1. The maximum Gasteiger partial charge on any atom is 0.256 e. The molecule has 1 aromatic rings. The van der Waals surface area contributed by atoms with Crippen molar-refractivity contribution in [1.29, 1.82) is 0 Å². The van der Waals surface area contributed by atoms with E-state index < -0.39 is 6.04 Å². The monoisotopic (exact) mass is 285 g/mol. The van der Waals surface area contributed by atoms with Crippen LogP contribution in [0.2, 0.25) is 0 Å². The Hall–Kier alpha value is -1.18. The molecule has 0 spiro atoms. The average molecular weight is 285 g/mol. The van der Waals surface area contributed by atoms with Crippen molar-refractivity contribution in [2.75, 3.05) is 26.6 Å². The molecule has 0 radical (unpaired) electrons. The van der Waals surface area contributed by atoms with Gasteiger partial charge in [-0.05, 0) is 20.1 Å². The van der Waals surface area contributed by atoms with Crippen LogP contribution in [0.1, 0.15) is 21.9 Å². The predicted molar refractivity (Wildman–Crippen MR) is 73.5 cm³/mol. The highest BCUT2D eigenvalue weighted by Gasteiger charge is 2.20. The molecular weight excluding hydrogens is 266 g/mol. The summed E-state index contributed by atoms with van der Waals surface area (Å²) in [5.41, 5.74) is 1.08. The van der Waals surface area contributed by atoms with Crippen LogP contribution >= 0.6 is 11.8 Å². The summed E-state index contributed by atoms with van der Waals surface area (Å²) in [6, 6.07) is -0.437. The van der Waals surface area contributed by atoms with Crippen molar-refractivity contribution in [3.05, 3.63) is 17.1 Å². The minimum Gasteiger partial charge on any atom is -0.394 e. The fourth-order valence-electron chi connectivity index (χ4n) is 1.69. The lowest BCUT2D eigenvalue weighted by atomic mass is 10.2. The van der Waals surface area contributed by atoms with Crippen LogP contribution in [0.5, 0.6) is 0 Å². The highest BCUT2D eigenvalue weighted by molar-refractivity contribution is 7.98. The Labute approximate surface area is 117 Å². The van der Waals surface area contributed by atoms with Crippen LogP contribution in [0, 0.1) is 13.8 Å². The van der Waals surface area contributed by atoms with Crippen molar-refractivity contribution >= 4 is 17.7 Å². The number of ether oxygens (including phenoxy) is 1. The van der Waals surface area contributed by atoms with Crippen LogP contribution < -0.4 is 5.32 Å². The summed E-state index contributed by atoms with van der Waals surface area (Å²) in [6.07, 6.45) is 1.86. The summed E-state index contributed by atoms with van der Waals surface area (Å²) in [4.78, 5) is 20.7. The third kappa shape index (κ3) is 4.15. The number of aryl methyl sites for hydroxylation is 2. The van der Waals surface area contributed by atoms with E-state index in [0.717, 1.165) is 0 Å². The Bertz CT molecular complexity index is 454. The second kappa shape index (κ2) is 7.42. The summed E-state index contributed by atoms with van der Waals surface area (Å²) >= 11 is 1.39. The Morgan fingerprint density at radius 3 is 2.68 bits per heavy atom. The zero-order chi connectivity index (χ0) is 14.4. The Morgan fingerprint density at radius 2 is 2.16 bits per heavy atom. The minimum absolute atomic E-state index is 0.181. The standard InChI is InChI=1S/C12H19N3O3S/c1-7-10(12(19-4)14-8(2)13-7)11(17)15-9(5-16)6-18-3/h9,16H,5-6H2,1-4H3,(H,15,17). The second-order valence-corrected chi connectivity index (χ2v) is 4.84. The van der Waals surface area contributed by atoms with Crippen LogP contribution in [0.25, 0.3) is 0 Å². The van der Waals surface area contributed by atoms with E-state index in [1.807, 2.05) is 6.26 Å². The molecule has 1 unspecified atom stereocenters. The van der Waals surface area contributed by atoms with E-state index in [4.69, 9.17) is 9.84 Å². The molecule has 0 aromatic carbocycles. The summed E-state index contributed by atoms with van der Waals surface area (Å²) < 4.78 is 4.93. The summed E-state index contributed by atoms with van der Waals surface area (Å²) in [5.74, 6) is 0.340. The van der Waals surface area contributed by atoms with Gasteiger partial charge in [-0.3, -0.25) is 4.79 Å². The molecule has 0 fully saturated rings. The molecule has 0 bridgehead atoms. The van der Waals surface area contributed by atoms with Crippen LogP contribution in [0.15, 0.2) is 5.03 Å². The largest absolute Gasteiger partial charge is 0.394 e.